The van der Waals surface area contributed by atoms with Crippen molar-refractivity contribution in [1.82, 2.24) is 0 Å². The second kappa shape index (κ2) is 13.0. The number of hydrogen-bond donors (Lipinski definition) is 0. The third-order valence-corrected chi connectivity index (χ3v) is 3.74. The van der Waals surface area contributed by atoms with Gasteiger partial charge in [0.2, 0.25) is 0 Å². The monoisotopic (exact) mass is 271 g/mol. The summed E-state index contributed by atoms with van der Waals surface area (Å²) in [6.45, 7) is 2.28. The van der Waals surface area contributed by atoms with Gasteiger partial charge in [-0.1, -0.05) is 88.3 Å². The Morgan fingerprint density at radius 3 is 2.25 bits per heavy atom. The fraction of sp³-hybridized carbons (Fsp3) is 0.600. The van der Waals surface area contributed by atoms with Gasteiger partial charge in [0.05, 0.1) is 0 Å². The first-order valence-corrected chi connectivity index (χ1v) is 8.54. The fourth-order valence-corrected chi connectivity index (χ4v) is 2.46. The number of benzene rings is 1. The zero-order valence-electron chi connectivity index (χ0n) is 13.2. The lowest BCUT2D eigenvalue weighted by atomic mass is 10.1. The molecule has 0 atom stereocenters. The average molecular weight is 271 g/mol. The standard InChI is InChI=1S/C20H31/c1-2-3-4-5-6-7-8-9-10-11-12-14-17-20-18-15-13-16-19-20/h11-13,15-16,18H,2-10,14,17H2,1H3. The van der Waals surface area contributed by atoms with Crippen molar-refractivity contribution in [2.75, 3.05) is 0 Å². The van der Waals surface area contributed by atoms with E-state index in [9.17, 15) is 0 Å². The SMILES string of the molecule is CCCCCCCCCCC=CCCc1[c]cccc1. The summed E-state index contributed by atoms with van der Waals surface area (Å²) in [6.07, 6.45) is 19.5. The van der Waals surface area contributed by atoms with Crippen LogP contribution in [0.4, 0.5) is 0 Å². The van der Waals surface area contributed by atoms with Crippen LogP contribution in [0.5, 0.6) is 0 Å². The number of rotatable bonds is 12. The highest BCUT2D eigenvalue weighted by atomic mass is 14.0. The van der Waals surface area contributed by atoms with Crippen LogP contribution >= 0.6 is 0 Å². The molecule has 0 nitrogen and oxygen atoms in total. The van der Waals surface area contributed by atoms with E-state index < -0.39 is 0 Å². The second-order valence-corrected chi connectivity index (χ2v) is 5.66. The molecule has 0 aliphatic rings. The number of aryl methyl sites for hydroxylation is 1. The van der Waals surface area contributed by atoms with Gasteiger partial charge in [0, 0.05) is 0 Å². The molecule has 0 N–H and O–H groups in total. The third kappa shape index (κ3) is 9.83. The van der Waals surface area contributed by atoms with Gasteiger partial charge in [-0.2, -0.15) is 0 Å². The summed E-state index contributed by atoms with van der Waals surface area (Å²) in [6, 6.07) is 11.6. The predicted molar refractivity (Wildman–Crippen MR) is 90.0 cm³/mol. The largest absolute Gasteiger partial charge is 0.0885 e. The van der Waals surface area contributed by atoms with E-state index in [4.69, 9.17) is 0 Å². The molecule has 20 heavy (non-hydrogen) atoms. The molecule has 1 radical (unpaired) electrons. The van der Waals surface area contributed by atoms with E-state index in [1.54, 1.807) is 0 Å². The lowest BCUT2D eigenvalue weighted by Crippen LogP contribution is -1.82. The number of allylic oxidation sites excluding steroid dienone is 2. The first kappa shape index (κ1) is 17.0. The maximum absolute atomic E-state index is 3.27. The Balaban J connectivity index is 1.85. The van der Waals surface area contributed by atoms with E-state index in [0.29, 0.717) is 0 Å². The molecule has 0 unspecified atom stereocenters. The number of hydrogen-bond acceptors (Lipinski definition) is 0. The van der Waals surface area contributed by atoms with E-state index in [1.807, 2.05) is 12.1 Å². The molecule has 0 aromatic heterocycles. The molecule has 111 valence electrons. The maximum atomic E-state index is 3.27. The van der Waals surface area contributed by atoms with Gasteiger partial charge in [-0.3, -0.25) is 0 Å². The molecule has 0 bridgehead atoms. The molecular formula is C20H31. The summed E-state index contributed by atoms with van der Waals surface area (Å²) >= 11 is 0. The second-order valence-electron chi connectivity index (χ2n) is 5.66. The summed E-state index contributed by atoms with van der Waals surface area (Å²) < 4.78 is 0. The van der Waals surface area contributed by atoms with Crippen LogP contribution < -0.4 is 0 Å². The molecule has 0 aliphatic heterocycles. The van der Waals surface area contributed by atoms with Gasteiger partial charge in [0.1, 0.15) is 0 Å². The Labute approximate surface area is 126 Å². The van der Waals surface area contributed by atoms with Crippen molar-refractivity contribution in [3.05, 3.63) is 48.0 Å². The van der Waals surface area contributed by atoms with Crippen LogP contribution in [0.15, 0.2) is 36.4 Å². The quantitative estimate of drug-likeness (QED) is 0.300. The zero-order valence-corrected chi connectivity index (χ0v) is 13.2. The summed E-state index contributed by atoms with van der Waals surface area (Å²) in [5.41, 5.74) is 1.32. The van der Waals surface area contributed by atoms with E-state index in [2.05, 4.69) is 37.3 Å². The minimum atomic E-state index is 1.12. The van der Waals surface area contributed by atoms with Crippen molar-refractivity contribution in [3.8, 4) is 0 Å². The highest BCUT2D eigenvalue weighted by Crippen LogP contribution is 2.10. The molecule has 0 aliphatic carbocycles. The van der Waals surface area contributed by atoms with Crippen molar-refractivity contribution in [1.29, 1.82) is 0 Å². The molecule has 0 fully saturated rings. The fourth-order valence-electron chi connectivity index (χ4n) is 2.46. The molecule has 0 saturated heterocycles. The van der Waals surface area contributed by atoms with Gasteiger partial charge in [0.25, 0.3) is 0 Å². The lowest BCUT2D eigenvalue weighted by molar-refractivity contribution is 0.577. The highest BCUT2D eigenvalue weighted by molar-refractivity contribution is 5.13. The van der Waals surface area contributed by atoms with Crippen LogP contribution in [0.3, 0.4) is 0 Å². The predicted octanol–water partition coefficient (Wildman–Crippen LogP) is 6.51. The molecule has 0 spiro atoms. The summed E-state index contributed by atoms with van der Waals surface area (Å²) in [4.78, 5) is 0. The molecule has 0 heteroatoms. The van der Waals surface area contributed by atoms with Crippen LogP contribution in [0.25, 0.3) is 0 Å². The van der Waals surface area contributed by atoms with Crippen molar-refractivity contribution in [2.45, 2.75) is 77.6 Å². The third-order valence-electron chi connectivity index (χ3n) is 3.74. The van der Waals surface area contributed by atoms with Crippen LogP contribution in [0.1, 0.15) is 76.7 Å². The molecule has 1 aromatic rings. The smallest absolute Gasteiger partial charge is 0.0149 e. The molecule has 0 amide bonds. The van der Waals surface area contributed by atoms with Gasteiger partial charge in [-0.15, -0.1) is 0 Å². The Kier molecular flexibility index (Phi) is 11.0. The van der Waals surface area contributed by atoms with Crippen molar-refractivity contribution in [2.24, 2.45) is 0 Å². The van der Waals surface area contributed by atoms with Crippen LogP contribution in [-0.4, -0.2) is 0 Å². The first-order chi connectivity index (χ1) is 9.93. The van der Waals surface area contributed by atoms with Gasteiger partial charge in [0.15, 0.2) is 0 Å². The zero-order chi connectivity index (χ0) is 14.3. The van der Waals surface area contributed by atoms with Crippen LogP contribution in [0, 0.1) is 6.07 Å². The Morgan fingerprint density at radius 2 is 1.55 bits per heavy atom. The lowest BCUT2D eigenvalue weighted by Gasteiger charge is -2.00. The molecule has 1 aromatic carbocycles. The van der Waals surface area contributed by atoms with E-state index in [1.165, 1.54) is 63.4 Å². The summed E-state index contributed by atoms with van der Waals surface area (Å²) in [5.74, 6) is 0. The van der Waals surface area contributed by atoms with Crippen molar-refractivity contribution in [3.63, 3.8) is 0 Å². The first-order valence-electron chi connectivity index (χ1n) is 8.54. The molecular weight excluding hydrogens is 240 g/mol. The van der Waals surface area contributed by atoms with Gasteiger partial charge in [-0.25, -0.2) is 0 Å². The van der Waals surface area contributed by atoms with Gasteiger partial charge in [-0.05, 0) is 37.3 Å². The maximum Gasteiger partial charge on any atom is -0.0149 e. The number of unbranched alkanes of at least 4 members (excludes halogenated alkanes) is 8. The minimum absolute atomic E-state index is 1.12. The Hall–Kier alpha value is -1.04. The van der Waals surface area contributed by atoms with E-state index >= 15 is 0 Å². The van der Waals surface area contributed by atoms with Crippen molar-refractivity contribution >= 4 is 0 Å². The summed E-state index contributed by atoms with van der Waals surface area (Å²) in [5, 5.41) is 0. The minimum Gasteiger partial charge on any atom is -0.0885 e. The normalized spacial score (nSPS) is 11.2. The van der Waals surface area contributed by atoms with Crippen LogP contribution in [0.2, 0.25) is 0 Å². The highest BCUT2D eigenvalue weighted by Gasteiger charge is 1.91. The summed E-state index contributed by atoms with van der Waals surface area (Å²) in [7, 11) is 0. The Bertz CT molecular complexity index is 323. The van der Waals surface area contributed by atoms with E-state index in [-0.39, 0.29) is 0 Å². The van der Waals surface area contributed by atoms with Gasteiger partial charge < -0.3 is 0 Å². The van der Waals surface area contributed by atoms with E-state index in [0.717, 1.165) is 12.8 Å². The molecule has 1 rings (SSSR count). The van der Waals surface area contributed by atoms with Gasteiger partial charge >= 0.3 is 0 Å². The van der Waals surface area contributed by atoms with Crippen LogP contribution in [-0.2, 0) is 6.42 Å². The molecule has 0 heterocycles. The topological polar surface area (TPSA) is 0 Å². The molecule has 0 saturated carbocycles. The van der Waals surface area contributed by atoms with Crippen molar-refractivity contribution < 1.29 is 0 Å². The average Bonchev–Trinajstić information content (AvgIpc) is 2.49. The Morgan fingerprint density at radius 1 is 0.850 bits per heavy atom.